The highest BCUT2D eigenvalue weighted by Gasteiger charge is 2.57. The van der Waals surface area contributed by atoms with Crippen LogP contribution in [0.2, 0.25) is 0 Å². The van der Waals surface area contributed by atoms with Crippen LogP contribution >= 0.6 is 0 Å². The van der Waals surface area contributed by atoms with Gasteiger partial charge in [-0.1, -0.05) is 0 Å². The van der Waals surface area contributed by atoms with Gasteiger partial charge < -0.3 is 10.4 Å². The zero-order valence-electron chi connectivity index (χ0n) is 8.50. The van der Waals surface area contributed by atoms with Gasteiger partial charge in [-0.25, -0.2) is 14.8 Å². The Labute approximate surface area is 96.7 Å². The van der Waals surface area contributed by atoms with Gasteiger partial charge in [0.15, 0.2) is 5.69 Å². The summed E-state index contributed by atoms with van der Waals surface area (Å²) in [7, 11) is 0. The monoisotopic (exact) mass is 271 g/mol. The lowest BCUT2D eigenvalue weighted by molar-refractivity contribution is -0.275. The van der Waals surface area contributed by atoms with Crippen molar-refractivity contribution in [3.8, 4) is 0 Å². The summed E-state index contributed by atoms with van der Waals surface area (Å²) < 4.78 is 60.5. The van der Waals surface area contributed by atoms with E-state index in [1.54, 1.807) is 5.32 Å². The van der Waals surface area contributed by atoms with Gasteiger partial charge in [0.2, 0.25) is 5.95 Å². The van der Waals surface area contributed by atoms with Crippen LogP contribution < -0.4 is 5.32 Å². The summed E-state index contributed by atoms with van der Waals surface area (Å²) in [5.41, 5.74) is -0.525. The highest BCUT2D eigenvalue weighted by Crippen LogP contribution is 2.35. The Balaban J connectivity index is 2.75. The second-order valence-electron chi connectivity index (χ2n) is 3.13. The minimum absolute atomic E-state index is 0.525. The Hall–Kier alpha value is -2.00. The first-order valence-corrected chi connectivity index (χ1v) is 4.38. The largest absolute Gasteiger partial charge is 0.477 e. The van der Waals surface area contributed by atoms with Crippen LogP contribution in [0.25, 0.3) is 0 Å². The second-order valence-corrected chi connectivity index (χ2v) is 3.13. The highest BCUT2D eigenvalue weighted by molar-refractivity contribution is 5.85. The average Bonchev–Trinajstić information content (AvgIpc) is 2.25. The van der Waals surface area contributed by atoms with E-state index in [0.717, 1.165) is 12.3 Å². The van der Waals surface area contributed by atoms with Crippen LogP contribution in [0.3, 0.4) is 0 Å². The number of halogens is 5. The number of anilines is 1. The third kappa shape index (κ3) is 3.25. The molecule has 1 rings (SSSR count). The lowest BCUT2D eigenvalue weighted by atomic mass is 10.3. The fraction of sp³-hybridized carbons (Fsp3) is 0.375. The van der Waals surface area contributed by atoms with Gasteiger partial charge in [-0.15, -0.1) is 0 Å². The number of aromatic carboxylic acids is 1. The molecule has 0 fully saturated rings. The summed E-state index contributed by atoms with van der Waals surface area (Å²) in [6, 6.07) is 0.968. The Kier molecular flexibility index (Phi) is 3.67. The standard InChI is InChI=1S/C8H6F5N3O2/c9-7(10,8(11,12)13)3-15-6-14-2-1-4(16-6)5(17)18/h1-2H,3H2,(H,17,18)(H,14,15,16). The lowest BCUT2D eigenvalue weighted by Crippen LogP contribution is -2.42. The Morgan fingerprint density at radius 3 is 2.44 bits per heavy atom. The predicted octanol–water partition coefficient (Wildman–Crippen LogP) is 1.78. The van der Waals surface area contributed by atoms with Crippen molar-refractivity contribution < 1.29 is 31.9 Å². The number of carboxylic acid groups (broad SMARTS) is 1. The number of hydrogen-bond donors (Lipinski definition) is 2. The maximum Gasteiger partial charge on any atom is 0.455 e. The molecule has 0 aliphatic heterocycles. The molecule has 18 heavy (non-hydrogen) atoms. The average molecular weight is 271 g/mol. The Morgan fingerprint density at radius 2 is 1.94 bits per heavy atom. The van der Waals surface area contributed by atoms with Gasteiger partial charge in [-0.05, 0) is 6.07 Å². The number of hydrogen-bond acceptors (Lipinski definition) is 4. The minimum Gasteiger partial charge on any atom is -0.477 e. The van der Waals surface area contributed by atoms with E-state index in [0.29, 0.717) is 0 Å². The van der Waals surface area contributed by atoms with Gasteiger partial charge in [-0.3, -0.25) is 0 Å². The van der Waals surface area contributed by atoms with Crippen LogP contribution in [0.4, 0.5) is 27.9 Å². The van der Waals surface area contributed by atoms with E-state index in [4.69, 9.17) is 5.11 Å². The summed E-state index contributed by atoms with van der Waals surface area (Å²) >= 11 is 0. The molecule has 100 valence electrons. The Morgan fingerprint density at radius 1 is 1.33 bits per heavy atom. The van der Waals surface area contributed by atoms with Crippen LogP contribution in [-0.4, -0.2) is 39.7 Å². The summed E-state index contributed by atoms with van der Waals surface area (Å²) in [5, 5.41) is 10.2. The Bertz CT molecular complexity index is 449. The maximum absolute atomic E-state index is 12.5. The van der Waals surface area contributed by atoms with Gasteiger partial charge >= 0.3 is 18.1 Å². The van der Waals surface area contributed by atoms with Gasteiger partial charge in [0.25, 0.3) is 0 Å². The number of rotatable bonds is 4. The number of carbonyl (C=O) groups is 1. The van der Waals surface area contributed by atoms with Crippen molar-refractivity contribution in [2.45, 2.75) is 12.1 Å². The molecule has 1 aromatic rings. The molecule has 10 heteroatoms. The SMILES string of the molecule is O=C(O)c1ccnc(NCC(F)(F)C(F)(F)F)n1. The van der Waals surface area contributed by atoms with E-state index >= 15 is 0 Å². The molecule has 0 unspecified atom stereocenters. The quantitative estimate of drug-likeness (QED) is 0.816. The van der Waals surface area contributed by atoms with E-state index in [1.807, 2.05) is 0 Å². The highest BCUT2D eigenvalue weighted by atomic mass is 19.4. The number of carboxylic acids is 1. The van der Waals surface area contributed by atoms with E-state index < -0.39 is 36.3 Å². The summed E-state index contributed by atoms with van der Waals surface area (Å²) in [4.78, 5) is 17.0. The molecular formula is C8H6F5N3O2. The zero-order chi connectivity index (χ0) is 14.0. The molecule has 2 N–H and O–H groups in total. The van der Waals surface area contributed by atoms with Crippen molar-refractivity contribution in [1.29, 1.82) is 0 Å². The van der Waals surface area contributed by atoms with Crippen LogP contribution in [0, 0.1) is 0 Å². The molecule has 0 radical (unpaired) electrons. The molecule has 0 spiro atoms. The van der Waals surface area contributed by atoms with Crippen molar-refractivity contribution in [2.75, 3.05) is 11.9 Å². The molecule has 1 aromatic heterocycles. The van der Waals surface area contributed by atoms with E-state index in [-0.39, 0.29) is 0 Å². The molecule has 0 saturated carbocycles. The van der Waals surface area contributed by atoms with Crippen molar-refractivity contribution in [3.63, 3.8) is 0 Å². The van der Waals surface area contributed by atoms with Crippen molar-refractivity contribution in [1.82, 2.24) is 9.97 Å². The normalized spacial score (nSPS) is 12.3. The predicted molar refractivity (Wildman–Crippen MR) is 48.5 cm³/mol. The number of alkyl halides is 5. The molecule has 1 heterocycles. The molecule has 0 bridgehead atoms. The molecule has 5 nitrogen and oxygen atoms in total. The number of aromatic nitrogens is 2. The fourth-order valence-corrected chi connectivity index (χ4v) is 0.853. The number of nitrogens with one attached hydrogen (secondary N) is 1. The first-order chi connectivity index (χ1) is 8.13. The summed E-state index contributed by atoms with van der Waals surface area (Å²) in [6.45, 7) is -1.78. The smallest absolute Gasteiger partial charge is 0.455 e. The zero-order valence-corrected chi connectivity index (χ0v) is 8.50. The first-order valence-electron chi connectivity index (χ1n) is 4.38. The third-order valence-corrected chi connectivity index (χ3v) is 1.76. The van der Waals surface area contributed by atoms with E-state index in [1.165, 1.54) is 0 Å². The van der Waals surface area contributed by atoms with Crippen molar-refractivity contribution in [2.24, 2.45) is 0 Å². The van der Waals surface area contributed by atoms with Gasteiger partial charge in [0.1, 0.15) is 0 Å². The van der Waals surface area contributed by atoms with E-state index in [2.05, 4.69) is 9.97 Å². The van der Waals surface area contributed by atoms with Crippen LogP contribution in [0.15, 0.2) is 12.3 Å². The fourth-order valence-electron chi connectivity index (χ4n) is 0.853. The molecule has 0 aromatic carbocycles. The number of nitrogens with zero attached hydrogens (tertiary/aromatic N) is 2. The second kappa shape index (κ2) is 4.70. The van der Waals surface area contributed by atoms with Gasteiger partial charge in [0.05, 0.1) is 6.54 Å². The van der Waals surface area contributed by atoms with Gasteiger partial charge in [0, 0.05) is 6.20 Å². The van der Waals surface area contributed by atoms with Crippen molar-refractivity contribution in [3.05, 3.63) is 18.0 Å². The van der Waals surface area contributed by atoms with Crippen LogP contribution in [-0.2, 0) is 0 Å². The third-order valence-electron chi connectivity index (χ3n) is 1.76. The molecule has 0 aliphatic rings. The van der Waals surface area contributed by atoms with Crippen molar-refractivity contribution >= 4 is 11.9 Å². The van der Waals surface area contributed by atoms with Crippen LogP contribution in [0.1, 0.15) is 10.5 Å². The topological polar surface area (TPSA) is 75.1 Å². The van der Waals surface area contributed by atoms with E-state index in [9.17, 15) is 26.7 Å². The molecule has 0 aliphatic carbocycles. The molecule has 0 atom stereocenters. The maximum atomic E-state index is 12.5. The minimum atomic E-state index is -5.70. The molecule has 0 saturated heterocycles. The molecule has 0 amide bonds. The molecular weight excluding hydrogens is 265 g/mol. The lowest BCUT2D eigenvalue weighted by Gasteiger charge is -2.19. The summed E-state index contributed by atoms with van der Waals surface area (Å²) in [5.74, 6) is -7.04. The van der Waals surface area contributed by atoms with Gasteiger partial charge in [-0.2, -0.15) is 22.0 Å². The van der Waals surface area contributed by atoms with Crippen LogP contribution in [0.5, 0.6) is 0 Å². The summed E-state index contributed by atoms with van der Waals surface area (Å²) in [6.07, 6.45) is -4.78. The first kappa shape index (κ1) is 14.1.